The second-order valence-corrected chi connectivity index (χ2v) is 7.04. The van der Waals surface area contributed by atoms with E-state index in [0.717, 1.165) is 11.1 Å². The summed E-state index contributed by atoms with van der Waals surface area (Å²) in [4.78, 5) is 23.6. The first-order chi connectivity index (χ1) is 15.0. The van der Waals surface area contributed by atoms with Crippen molar-refractivity contribution in [3.8, 4) is 5.75 Å². The molecule has 1 heterocycles. The van der Waals surface area contributed by atoms with Crippen LogP contribution in [0.15, 0.2) is 72.9 Å². The molecule has 31 heavy (non-hydrogen) atoms. The van der Waals surface area contributed by atoms with Crippen LogP contribution in [0.4, 0.5) is 0 Å². The van der Waals surface area contributed by atoms with Crippen LogP contribution in [0, 0.1) is 0 Å². The SMILES string of the molecule is COc1ccc(C(=O)c2cccn2C/C=C/c2ccc(CO[C@H](C)C(=O)O)cc2)cc1. The summed E-state index contributed by atoms with van der Waals surface area (Å²) in [7, 11) is 1.59. The van der Waals surface area contributed by atoms with Gasteiger partial charge < -0.3 is 19.1 Å². The maximum atomic E-state index is 12.8. The fourth-order valence-electron chi connectivity index (χ4n) is 2.99. The van der Waals surface area contributed by atoms with E-state index in [-0.39, 0.29) is 12.4 Å². The third kappa shape index (κ3) is 5.93. The van der Waals surface area contributed by atoms with Crippen molar-refractivity contribution in [2.45, 2.75) is 26.2 Å². The molecule has 160 valence electrons. The van der Waals surface area contributed by atoms with Crippen molar-refractivity contribution in [2.24, 2.45) is 0 Å². The van der Waals surface area contributed by atoms with Crippen LogP contribution < -0.4 is 4.74 Å². The highest BCUT2D eigenvalue weighted by atomic mass is 16.5. The minimum absolute atomic E-state index is 0.0407. The van der Waals surface area contributed by atoms with Gasteiger partial charge in [0.05, 0.1) is 19.4 Å². The molecule has 0 fully saturated rings. The van der Waals surface area contributed by atoms with Crippen LogP contribution in [0.2, 0.25) is 0 Å². The Morgan fingerprint density at radius 2 is 1.77 bits per heavy atom. The van der Waals surface area contributed by atoms with Crippen LogP contribution in [-0.2, 0) is 22.7 Å². The van der Waals surface area contributed by atoms with Crippen molar-refractivity contribution in [2.75, 3.05) is 7.11 Å². The van der Waals surface area contributed by atoms with Crippen LogP contribution in [0.25, 0.3) is 6.08 Å². The summed E-state index contributed by atoms with van der Waals surface area (Å²) < 4.78 is 12.3. The number of carbonyl (C=O) groups excluding carboxylic acids is 1. The van der Waals surface area contributed by atoms with E-state index in [0.29, 0.717) is 23.6 Å². The number of aliphatic carboxylic acids is 1. The van der Waals surface area contributed by atoms with Crippen molar-refractivity contribution in [3.63, 3.8) is 0 Å². The first-order valence-electron chi connectivity index (χ1n) is 9.91. The molecule has 3 aromatic rings. The smallest absolute Gasteiger partial charge is 0.332 e. The molecule has 3 rings (SSSR count). The van der Waals surface area contributed by atoms with E-state index >= 15 is 0 Å². The van der Waals surface area contributed by atoms with Gasteiger partial charge in [0.2, 0.25) is 5.78 Å². The molecule has 0 saturated heterocycles. The topological polar surface area (TPSA) is 77.8 Å². The summed E-state index contributed by atoms with van der Waals surface area (Å²) in [5.41, 5.74) is 3.14. The van der Waals surface area contributed by atoms with Gasteiger partial charge in [-0.1, -0.05) is 36.4 Å². The second-order valence-electron chi connectivity index (χ2n) is 7.04. The number of hydrogen-bond donors (Lipinski definition) is 1. The lowest BCUT2D eigenvalue weighted by atomic mass is 10.1. The number of allylic oxidation sites excluding steroid dienone is 1. The Balaban J connectivity index is 1.60. The molecule has 0 radical (unpaired) electrons. The molecule has 1 atom stereocenters. The summed E-state index contributed by atoms with van der Waals surface area (Å²) in [5, 5.41) is 8.86. The molecule has 0 aliphatic carbocycles. The Bertz CT molecular complexity index is 1050. The van der Waals surface area contributed by atoms with Gasteiger partial charge in [0.25, 0.3) is 0 Å². The number of carboxylic acids is 1. The zero-order valence-corrected chi connectivity index (χ0v) is 17.5. The number of aromatic nitrogens is 1. The van der Waals surface area contributed by atoms with Gasteiger partial charge in [-0.2, -0.15) is 0 Å². The molecular weight excluding hydrogens is 394 g/mol. The van der Waals surface area contributed by atoms with Gasteiger partial charge in [-0.25, -0.2) is 4.79 Å². The van der Waals surface area contributed by atoms with Crippen molar-refractivity contribution < 1.29 is 24.2 Å². The summed E-state index contributed by atoms with van der Waals surface area (Å²) in [6, 6.07) is 18.4. The summed E-state index contributed by atoms with van der Waals surface area (Å²) >= 11 is 0. The molecule has 0 saturated carbocycles. The molecule has 6 nitrogen and oxygen atoms in total. The van der Waals surface area contributed by atoms with Gasteiger partial charge in [0, 0.05) is 18.3 Å². The van der Waals surface area contributed by atoms with Crippen molar-refractivity contribution in [1.82, 2.24) is 4.57 Å². The molecule has 0 amide bonds. The molecule has 1 aromatic heterocycles. The molecule has 2 aromatic carbocycles. The minimum atomic E-state index is -0.977. The normalized spacial score (nSPS) is 12.1. The third-order valence-corrected chi connectivity index (χ3v) is 4.85. The van der Waals surface area contributed by atoms with Crippen LogP contribution >= 0.6 is 0 Å². The van der Waals surface area contributed by atoms with Crippen LogP contribution in [0.1, 0.15) is 34.1 Å². The summed E-state index contributed by atoms with van der Waals surface area (Å²) in [6.45, 7) is 2.32. The van der Waals surface area contributed by atoms with E-state index < -0.39 is 12.1 Å². The Labute approximate surface area is 181 Å². The van der Waals surface area contributed by atoms with Crippen LogP contribution in [-0.4, -0.2) is 34.6 Å². The van der Waals surface area contributed by atoms with E-state index in [4.69, 9.17) is 14.6 Å². The number of methoxy groups -OCH3 is 1. The van der Waals surface area contributed by atoms with Crippen molar-refractivity contribution in [3.05, 3.63) is 95.3 Å². The Kier molecular flexibility index (Phi) is 7.40. The largest absolute Gasteiger partial charge is 0.497 e. The van der Waals surface area contributed by atoms with Gasteiger partial charge >= 0.3 is 5.97 Å². The van der Waals surface area contributed by atoms with E-state index in [2.05, 4.69) is 0 Å². The maximum Gasteiger partial charge on any atom is 0.332 e. The lowest BCUT2D eigenvalue weighted by Crippen LogP contribution is -2.19. The maximum absolute atomic E-state index is 12.8. The summed E-state index contributed by atoms with van der Waals surface area (Å²) in [6.07, 6.45) is 5.01. The van der Waals surface area contributed by atoms with E-state index in [1.165, 1.54) is 6.92 Å². The fourth-order valence-corrected chi connectivity index (χ4v) is 2.99. The number of carbonyl (C=O) groups is 2. The van der Waals surface area contributed by atoms with Gasteiger partial charge in [0.1, 0.15) is 5.75 Å². The molecular formula is C25H25NO5. The number of hydrogen-bond acceptors (Lipinski definition) is 4. The van der Waals surface area contributed by atoms with Gasteiger partial charge in [0.15, 0.2) is 6.10 Å². The van der Waals surface area contributed by atoms with E-state index in [1.54, 1.807) is 31.4 Å². The fraction of sp³-hybridized carbons (Fsp3) is 0.200. The predicted molar refractivity (Wildman–Crippen MR) is 118 cm³/mol. The molecule has 0 spiro atoms. The molecule has 0 unspecified atom stereocenters. The standard InChI is InChI=1S/C25H25NO5/c1-18(25(28)29)31-17-20-9-7-19(8-10-20)5-3-15-26-16-4-6-23(26)24(27)21-11-13-22(30-2)14-12-21/h3-14,16,18H,15,17H2,1-2H3,(H,28,29)/b5-3+/t18-/m1/s1. The van der Waals surface area contributed by atoms with E-state index in [1.807, 2.05) is 59.3 Å². The van der Waals surface area contributed by atoms with Gasteiger partial charge in [-0.05, 0) is 54.4 Å². The van der Waals surface area contributed by atoms with E-state index in [9.17, 15) is 9.59 Å². The molecule has 1 N–H and O–H groups in total. The average Bonchev–Trinajstić information content (AvgIpc) is 3.26. The van der Waals surface area contributed by atoms with Crippen LogP contribution in [0.3, 0.4) is 0 Å². The zero-order chi connectivity index (χ0) is 22.2. The quantitative estimate of drug-likeness (QED) is 0.492. The first-order valence-corrected chi connectivity index (χ1v) is 9.91. The predicted octanol–water partition coefficient (Wildman–Crippen LogP) is 4.43. The minimum Gasteiger partial charge on any atom is -0.497 e. The highest BCUT2D eigenvalue weighted by Gasteiger charge is 2.13. The zero-order valence-electron chi connectivity index (χ0n) is 17.5. The van der Waals surface area contributed by atoms with Crippen molar-refractivity contribution >= 4 is 17.8 Å². The monoisotopic (exact) mass is 419 g/mol. The molecule has 0 aliphatic rings. The Morgan fingerprint density at radius 3 is 2.42 bits per heavy atom. The molecule has 0 bridgehead atoms. The van der Waals surface area contributed by atoms with Crippen LogP contribution in [0.5, 0.6) is 5.75 Å². The van der Waals surface area contributed by atoms with Gasteiger partial charge in [-0.3, -0.25) is 4.79 Å². The average molecular weight is 419 g/mol. The lowest BCUT2D eigenvalue weighted by molar-refractivity contribution is -0.149. The Morgan fingerprint density at radius 1 is 1.06 bits per heavy atom. The molecule has 0 aliphatic heterocycles. The number of ketones is 1. The van der Waals surface area contributed by atoms with Crippen molar-refractivity contribution in [1.29, 1.82) is 0 Å². The number of carboxylic acid groups (broad SMARTS) is 1. The second kappa shape index (κ2) is 10.4. The number of benzene rings is 2. The Hall–Kier alpha value is -3.64. The third-order valence-electron chi connectivity index (χ3n) is 4.85. The summed E-state index contributed by atoms with van der Waals surface area (Å²) in [5.74, 6) is -0.306. The first kappa shape index (κ1) is 22.1. The number of ether oxygens (including phenoxy) is 2. The highest BCUT2D eigenvalue weighted by Crippen LogP contribution is 2.16. The number of nitrogens with zero attached hydrogens (tertiary/aromatic N) is 1. The lowest BCUT2D eigenvalue weighted by Gasteiger charge is -2.08. The number of rotatable bonds is 10. The molecule has 6 heteroatoms. The highest BCUT2D eigenvalue weighted by molar-refractivity contribution is 6.08. The van der Waals surface area contributed by atoms with Gasteiger partial charge in [-0.15, -0.1) is 0 Å².